The average Bonchev–Trinajstić information content (AvgIpc) is 2.70. The molecule has 0 fully saturated rings. The number of amides is 2. The number of hydrogen-bond donors (Lipinski definition) is 3. The SMILES string of the molecule is CC(=O)Nc1ccc(NC(=O)c2cc(Nc3ccc(C#N)cc3)ncn2)cc1. The minimum Gasteiger partial charge on any atom is -0.340 e. The van der Waals surface area contributed by atoms with E-state index in [0.717, 1.165) is 5.69 Å². The van der Waals surface area contributed by atoms with E-state index in [-0.39, 0.29) is 11.6 Å². The molecule has 8 heteroatoms. The van der Waals surface area contributed by atoms with Gasteiger partial charge >= 0.3 is 0 Å². The summed E-state index contributed by atoms with van der Waals surface area (Å²) in [5, 5.41) is 17.3. The van der Waals surface area contributed by atoms with Crippen molar-refractivity contribution in [2.24, 2.45) is 0 Å². The molecule has 0 unspecified atom stereocenters. The maximum Gasteiger partial charge on any atom is 0.274 e. The number of anilines is 4. The number of nitrogens with zero attached hydrogens (tertiary/aromatic N) is 3. The fraction of sp³-hybridized carbons (Fsp3) is 0.0500. The van der Waals surface area contributed by atoms with E-state index >= 15 is 0 Å². The third kappa shape index (κ3) is 4.89. The van der Waals surface area contributed by atoms with Crippen LogP contribution in [0.2, 0.25) is 0 Å². The highest BCUT2D eigenvalue weighted by Gasteiger charge is 2.10. The molecule has 0 aliphatic rings. The Balaban J connectivity index is 1.67. The van der Waals surface area contributed by atoms with Crippen LogP contribution in [0, 0.1) is 11.3 Å². The van der Waals surface area contributed by atoms with Crippen LogP contribution >= 0.6 is 0 Å². The number of benzene rings is 2. The van der Waals surface area contributed by atoms with E-state index in [1.807, 2.05) is 0 Å². The van der Waals surface area contributed by atoms with E-state index in [0.29, 0.717) is 22.8 Å². The summed E-state index contributed by atoms with van der Waals surface area (Å²) >= 11 is 0. The van der Waals surface area contributed by atoms with E-state index in [4.69, 9.17) is 5.26 Å². The first-order valence-electron chi connectivity index (χ1n) is 8.32. The van der Waals surface area contributed by atoms with E-state index < -0.39 is 5.91 Å². The summed E-state index contributed by atoms with van der Waals surface area (Å²) < 4.78 is 0. The Morgan fingerprint density at radius 1 is 0.893 bits per heavy atom. The highest BCUT2D eigenvalue weighted by molar-refractivity contribution is 6.03. The molecule has 8 nitrogen and oxygen atoms in total. The van der Waals surface area contributed by atoms with Gasteiger partial charge in [-0.15, -0.1) is 0 Å². The van der Waals surface area contributed by atoms with Crippen molar-refractivity contribution in [2.45, 2.75) is 6.92 Å². The molecule has 138 valence electrons. The first kappa shape index (κ1) is 18.5. The molecule has 0 radical (unpaired) electrons. The second kappa shape index (κ2) is 8.42. The number of nitriles is 1. The fourth-order valence-electron chi connectivity index (χ4n) is 2.36. The summed E-state index contributed by atoms with van der Waals surface area (Å²) in [5.74, 6) is -0.108. The minimum absolute atomic E-state index is 0.167. The molecule has 3 N–H and O–H groups in total. The second-order valence-corrected chi connectivity index (χ2v) is 5.82. The third-order valence-electron chi connectivity index (χ3n) is 3.65. The number of carbonyl (C=O) groups is 2. The highest BCUT2D eigenvalue weighted by atomic mass is 16.2. The van der Waals surface area contributed by atoms with E-state index in [1.54, 1.807) is 48.5 Å². The molecular weight excluding hydrogens is 356 g/mol. The summed E-state index contributed by atoms with van der Waals surface area (Å²) in [6.45, 7) is 1.42. The van der Waals surface area contributed by atoms with Crippen LogP contribution in [-0.2, 0) is 4.79 Å². The quantitative estimate of drug-likeness (QED) is 0.632. The molecule has 1 aromatic heterocycles. The molecule has 28 heavy (non-hydrogen) atoms. The van der Waals surface area contributed by atoms with Crippen molar-refractivity contribution in [3.05, 3.63) is 72.2 Å². The standard InChI is InChI=1S/C20H16N6O2/c1-13(27)24-15-6-8-17(9-7-15)26-20(28)18-10-19(23-12-22-18)25-16-4-2-14(11-21)3-5-16/h2-10,12H,1H3,(H,24,27)(H,26,28)(H,22,23,25). The fourth-order valence-corrected chi connectivity index (χ4v) is 2.36. The zero-order valence-electron chi connectivity index (χ0n) is 14.9. The minimum atomic E-state index is -0.391. The summed E-state index contributed by atoms with van der Waals surface area (Å²) in [7, 11) is 0. The van der Waals surface area contributed by atoms with Crippen molar-refractivity contribution in [1.82, 2.24) is 9.97 Å². The molecule has 3 rings (SSSR count). The molecule has 0 saturated heterocycles. The van der Waals surface area contributed by atoms with Crippen molar-refractivity contribution < 1.29 is 9.59 Å². The lowest BCUT2D eigenvalue weighted by Gasteiger charge is -2.08. The van der Waals surface area contributed by atoms with Crippen molar-refractivity contribution in [2.75, 3.05) is 16.0 Å². The lowest BCUT2D eigenvalue weighted by Crippen LogP contribution is -2.14. The van der Waals surface area contributed by atoms with Gasteiger partial charge in [0.2, 0.25) is 5.91 Å². The van der Waals surface area contributed by atoms with Crippen LogP contribution in [0.1, 0.15) is 23.0 Å². The van der Waals surface area contributed by atoms with Crippen molar-refractivity contribution in [3.63, 3.8) is 0 Å². The van der Waals surface area contributed by atoms with Gasteiger partial charge in [-0.25, -0.2) is 9.97 Å². The summed E-state index contributed by atoms with van der Waals surface area (Å²) in [6, 6.07) is 17.2. The molecule has 2 amide bonds. The maximum absolute atomic E-state index is 12.4. The van der Waals surface area contributed by atoms with Crippen molar-refractivity contribution in [1.29, 1.82) is 5.26 Å². The lowest BCUT2D eigenvalue weighted by atomic mass is 10.2. The maximum atomic E-state index is 12.4. The van der Waals surface area contributed by atoms with Crippen molar-refractivity contribution >= 4 is 34.7 Å². The topological polar surface area (TPSA) is 120 Å². The van der Waals surface area contributed by atoms with E-state index in [9.17, 15) is 9.59 Å². The van der Waals surface area contributed by atoms with Gasteiger partial charge in [0.05, 0.1) is 11.6 Å². The smallest absolute Gasteiger partial charge is 0.274 e. The molecule has 1 heterocycles. The van der Waals surface area contributed by atoms with E-state index in [2.05, 4.69) is 32.0 Å². The van der Waals surface area contributed by atoms with Gasteiger partial charge in [-0.2, -0.15) is 5.26 Å². The first-order valence-corrected chi connectivity index (χ1v) is 8.32. The van der Waals surface area contributed by atoms with Gasteiger partial charge in [-0.1, -0.05) is 0 Å². The molecule has 0 spiro atoms. The van der Waals surface area contributed by atoms with Gasteiger partial charge < -0.3 is 16.0 Å². The van der Waals surface area contributed by atoms with Crippen molar-refractivity contribution in [3.8, 4) is 6.07 Å². The van der Waals surface area contributed by atoms with E-state index in [1.165, 1.54) is 19.3 Å². The monoisotopic (exact) mass is 372 g/mol. The van der Waals surface area contributed by atoms with Crippen LogP contribution in [0.4, 0.5) is 22.9 Å². The third-order valence-corrected chi connectivity index (χ3v) is 3.65. The lowest BCUT2D eigenvalue weighted by molar-refractivity contribution is -0.114. The highest BCUT2D eigenvalue weighted by Crippen LogP contribution is 2.17. The van der Waals surface area contributed by atoms with Gasteiger partial charge in [0.25, 0.3) is 5.91 Å². The van der Waals surface area contributed by atoms with Crippen LogP contribution in [-0.4, -0.2) is 21.8 Å². The summed E-state index contributed by atoms with van der Waals surface area (Å²) in [4.78, 5) is 31.6. The van der Waals surface area contributed by atoms with Crippen LogP contribution in [0.3, 0.4) is 0 Å². The van der Waals surface area contributed by atoms with Crippen LogP contribution in [0.5, 0.6) is 0 Å². The Kier molecular flexibility index (Phi) is 5.58. The average molecular weight is 372 g/mol. The molecule has 2 aromatic carbocycles. The molecule has 0 aliphatic carbocycles. The molecule has 3 aromatic rings. The number of hydrogen-bond acceptors (Lipinski definition) is 6. The zero-order chi connectivity index (χ0) is 19.9. The summed E-state index contributed by atoms with van der Waals surface area (Å²) in [6.07, 6.45) is 1.29. The Bertz CT molecular complexity index is 1040. The molecular formula is C20H16N6O2. The first-order chi connectivity index (χ1) is 13.5. The zero-order valence-corrected chi connectivity index (χ0v) is 14.9. The van der Waals surface area contributed by atoms with Gasteiger partial charge in [0.15, 0.2) is 0 Å². The second-order valence-electron chi connectivity index (χ2n) is 5.82. The van der Waals surface area contributed by atoms with Gasteiger partial charge in [0, 0.05) is 30.1 Å². The summed E-state index contributed by atoms with van der Waals surface area (Å²) in [5.41, 5.74) is 2.69. The van der Waals surface area contributed by atoms with Gasteiger partial charge in [0.1, 0.15) is 17.8 Å². The van der Waals surface area contributed by atoms with Crippen LogP contribution in [0.15, 0.2) is 60.9 Å². The molecule has 0 atom stereocenters. The predicted octanol–water partition coefficient (Wildman–Crippen LogP) is 3.30. The number of nitrogens with one attached hydrogen (secondary N) is 3. The Hall–Kier alpha value is -4.25. The Morgan fingerprint density at radius 2 is 1.50 bits per heavy atom. The predicted molar refractivity (Wildman–Crippen MR) is 105 cm³/mol. The van der Waals surface area contributed by atoms with Gasteiger partial charge in [-0.3, -0.25) is 9.59 Å². The normalized spacial score (nSPS) is 9.86. The molecule has 0 saturated carbocycles. The molecule has 0 aliphatic heterocycles. The van der Waals surface area contributed by atoms with Gasteiger partial charge in [-0.05, 0) is 48.5 Å². The van der Waals surface area contributed by atoms with Crippen LogP contribution < -0.4 is 16.0 Å². The molecule has 0 bridgehead atoms. The number of rotatable bonds is 5. The largest absolute Gasteiger partial charge is 0.340 e. The Morgan fingerprint density at radius 3 is 2.11 bits per heavy atom. The number of carbonyl (C=O) groups excluding carboxylic acids is 2. The number of aromatic nitrogens is 2. The Labute approximate surface area is 161 Å². The van der Waals surface area contributed by atoms with Crippen LogP contribution in [0.25, 0.3) is 0 Å².